The van der Waals surface area contributed by atoms with Crippen LogP contribution in [0.2, 0.25) is 0 Å². The number of nitrogens with one attached hydrogen (secondary N) is 2. The first-order chi connectivity index (χ1) is 6.13. The Morgan fingerprint density at radius 1 is 1.54 bits per heavy atom. The molecule has 70 valence electrons. The Balaban J connectivity index is 2.87. The molecule has 0 aliphatic heterocycles. The van der Waals surface area contributed by atoms with Gasteiger partial charge in [0.15, 0.2) is 0 Å². The van der Waals surface area contributed by atoms with Crippen LogP contribution in [-0.4, -0.2) is 6.03 Å². The molecule has 1 rings (SSSR count). The van der Waals surface area contributed by atoms with E-state index in [0.717, 1.165) is 0 Å². The van der Waals surface area contributed by atoms with Gasteiger partial charge in [0, 0.05) is 4.47 Å². The number of hydrogen-bond donors (Lipinski definition) is 3. The molecule has 0 fully saturated rings. The lowest BCUT2D eigenvalue weighted by Gasteiger charge is -2.05. The van der Waals surface area contributed by atoms with E-state index >= 15 is 0 Å². The quantitative estimate of drug-likeness (QED) is 0.401. The van der Waals surface area contributed by atoms with Crippen LogP contribution in [0.1, 0.15) is 0 Å². The monoisotopic (exact) mass is 247 g/mol. The van der Waals surface area contributed by atoms with Crippen LogP contribution in [0.3, 0.4) is 0 Å². The Morgan fingerprint density at radius 2 is 2.23 bits per heavy atom. The zero-order valence-corrected chi connectivity index (χ0v) is 8.06. The standard InChI is InChI=1S/C7H7BrFN3O/c8-4-1-2-5(9)6(3-4)11-7(13)12-10/h1-3H,10H2,(H2,11,12,13). The van der Waals surface area contributed by atoms with Gasteiger partial charge in [0.1, 0.15) is 5.82 Å². The molecule has 0 atom stereocenters. The van der Waals surface area contributed by atoms with E-state index in [1.807, 2.05) is 5.43 Å². The Kier molecular flexibility index (Phi) is 3.21. The number of amides is 2. The molecule has 0 bridgehead atoms. The molecule has 0 radical (unpaired) electrons. The summed E-state index contributed by atoms with van der Waals surface area (Å²) in [5.41, 5.74) is 1.90. The lowest BCUT2D eigenvalue weighted by molar-refractivity contribution is 0.252. The summed E-state index contributed by atoms with van der Waals surface area (Å²) in [5.74, 6) is 4.29. The van der Waals surface area contributed by atoms with Crippen molar-refractivity contribution in [1.29, 1.82) is 0 Å². The third-order valence-corrected chi connectivity index (χ3v) is 1.80. The van der Waals surface area contributed by atoms with E-state index in [1.54, 1.807) is 0 Å². The molecular formula is C7H7BrFN3O. The Labute approximate surface area is 82.4 Å². The van der Waals surface area contributed by atoms with E-state index in [4.69, 9.17) is 5.84 Å². The van der Waals surface area contributed by atoms with E-state index in [1.165, 1.54) is 18.2 Å². The predicted octanol–water partition coefficient (Wildman–Crippen LogP) is 1.58. The zero-order chi connectivity index (χ0) is 9.84. The van der Waals surface area contributed by atoms with Crippen LogP contribution in [0, 0.1) is 5.82 Å². The normalized spacial score (nSPS) is 9.46. The number of anilines is 1. The van der Waals surface area contributed by atoms with Crippen molar-refractivity contribution < 1.29 is 9.18 Å². The number of rotatable bonds is 1. The largest absolute Gasteiger partial charge is 0.333 e. The Morgan fingerprint density at radius 3 is 2.85 bits per heavy atom. The van der Waals surface area contributed by atoms with Crippen LogP contribution in [0.15, 0.2) is 22.7 Å². The fourth-order valence-corrected chi connectivity index (χ4v) is 1.11. The van der Waals surface area contributed by atoms with Gasteiger partial charge in [-0.15, -0.1) is 0 Å². The molecule has 0 unspecified atom stereocenters. The van der Waals surface area contributed by atoms with Crippen LogP contribution in [-0.2, 0) is 0 Å². The summed E-state index contributed by atoms with van der Waals surface area (Å²) in [5, 5.41) is 2.22. The molecule has 0 aliphatic rings. The number of carbonyl (C=O) groups excluding carboxylic acids is 1. The molecule has 4 nitrogen and oxygen atoms in total. The maximum Gasteiger partial charge on any atom is 0.333 e. The predicted molar refractivity (Wildman–Crippen MR) is 50.4 cm³/mol. The van der Waals surface area contributed by atoms with Crippen LogP contribution < -0.4 is 16.6 Å². The fraction of sp³-hybridized carbons (Fsp3) is 0. The summed E-state index contributed by atoms with van der Waals surface area (Å²) < 4.78 is 13.6. The minimum Gasteiger partial charge on any atom is -0.304 e. The molecule has 1 aromatic carbocycles. The number of hydrazine groups is 1. The van der Waals surface area contributed by atoms with Crippen LogP contribution in [0.4, 0.5) is 14.9 Å². The number of nitrogens with two attached hydrogens (primary N) is 1. The lowest BCUT2D eigenvalue weighted by Crippen LogP contribution is -2.34. The van der Waals surface area contributed by atoms with E-state index in [-0.39, 0.29) is 5.69 Å². The highest BCUT2D eigenvalue weighted by atomic mass is 79.9. The second kappa shape index (κ2) is 4.20. The smallest absolute Gasteiger partial charge is 0.304 e. The van der Waals surface area contributed by atoms with Crippen LogP contribution in [0.5, 0.6) is 0 Å². The van der Waals surface area contributed by atoms with Crippen LogP contribution >= 0.6 is 15.9 Å². The lowest BCUT2D eigenvalue weighted by atomic mass is 10.3. The van der Waals surface area contributed by atoms with E-state index in [2.05, 4.69) is 21.2 Å². The van der Waals surface area contributed by atoms with Crippen molar-refractivity contribution in [3.63, 3.8) is 0 Å². The summed E-state index contributed by atoms with van der Waals surface area (Å²) in [6, 6.07) is 3.53. The molecule has 1 aromatic rings. The van der Waals surface area contributed by atoms with E-state index in [0.29, 0.717) is 4.47 Å². The van der Waals surface area contributed by atoms with Crippen molar-refractivity contribution in [2.75, 3.05) is 5.32 Å². The second-order valence-corrected chi connectivity index (χ2v) is 3.14. The molecule has 0 saturated carbocycles. The highest BCUT2D eigenvalue weighted by molar-refractivity contribution is 9.10. The summed E-state index contributed by atoms with van der Waals surface area (Å²) >= 11 is 3.14. The second-order valence-electron chi connectivity index (χ2n) is 2.22. The van der Waals surface area contributed by atoms with Gasteiger partial charge in [-0.05, 0) is 18.2 Å². The van der Waals surface area contributed by atoms with Crippen LogP contribution in [0.25, 0.3) is 0 Å². The number of halogens is 2. The minimum absolute atomic E-state index is 0.0670. The molecule has 0 heterocycles. The first-order valence-electron chi connectivity index (χ1n) is 3.36. The maximum atomic E-state index is 13.0. The van der Waals surface area contributed by atoms with E-state index in [9.17, 15) is 9.18 Å². The van der Waals surface area contributed by atoms with Crippen molar-refractivity contribution in [3.05, 3.63) is 28.5 Å². The third-order valence-electron chi connectivity index (χ3n) is 1.31. The van der Waals surface area contributed by atoms with Gasteiger partial charge in [-0.25, -0.2) is 15.0 Å². The first kappa shape index (κ1) is 9.94. The minimum atomic E-state index is -0.669. The average Bonchev–Trinajstić information content (AvgIpc) is 2.11. The highest BCUT2D eigenvalue weighted by Crippen LogP contribution is 2.19. The maximum absolute atomic E-state index is 13.0. The van der Waals surface area contributed by atoms with Crippen molar-refractivity contribution >= 4 is 27.6 Å². The van der Waals surface area contributed by atoms with Crippen molar-refractivity contribution in [2.24, 2.45) is 5.84 Å². The van der Waals surface area contributed by atoms with Gasteiger partial charge in [-0.1, -0.05) is 15.9 Å². The molecule has 0 aromatic heterocycles. The third kappa shape index (κ3) is 2.67. The molecule has 0 spiro atoms. The van der Waals surface area contributed by atoms with Crippen molar-refractivity contribution in [1.82, 2.24) is 5.43 Å². The highest BCUT2D eigenvalue weighted by Gasteiger charge is 2.05. The zero-order valence-electron chi connectivity index (χ0n) is 6.47. The van der Waals surface area contributed by atoms with Gasteiger partial charge in [-0.2, -0.15) is 0 Å². The Bertz CT molecular complexity index is 332. The number of hydrogen-bond acceptors (Lipinski definition) is 2. The topological polar surface area (TPSA) is 67.1 Å². The van der Waals surface area contributed by atoms with Gasteiger partial charge in [0.2, 0.25) is 0 Å². The average molecular weight is 248 g/mol. The van der Waals surface area contributed by atoms with Crippen molar-refractivity contribution in [3.8, 4) is 0 Å². The van der Waals surface area contributed by atoms with Gasteiger partial charge in [-0.3, -0.25) is 5.43 Å². The molecule has 0 aliphatic carbocycles. The van der Waals surface area contributed by atoms with Gasteiger partial charge in [0.05, 0.1) is 5.69 Å². The fourth-order valence-electron chi connectivity index (χ4n) is 0.752. The first-order valence-corrected chi connectivity index (χ1v) is 4.15. The molecule has 2 amide bonds. The summed E-state index contributed by atoms with van der Waals surface area (Å²) in [7, 11) is 0. The number of urea groups is 1. The molecule has 4 N–H and O–H groups in total. The van der Waals surface area contributed by atoms with Gasteiger partial charge >= 0.3 is 6.03 Å². The Hall–Kier alpha value is -1.14. The molecule has 6 heteroatoms. The van der Waals surface area contributed by atoms with Crippen molar-refractivity contribution in [2.45, 2.75) is 0 Å². The number of benzene rings is 1. The SMILES string of the molecule is NNC(=O)Nc1cc(Br)ccc1F. The number of carbonyl (C=O) groups is 1. The van der Waals surface area contributed by atoms with Gasteiger partial charge in [0.25, 0.3) is 0 Å². The molecular weight excluding hydrogens is 241 g/mol. The summed E-state index contributed by atoms with van der Waals surface area (Å²) in [4.78, 5) is 10.7. The summed E-state index contributed by atoms with van der Waals surface area (Å²) in [6.45, 7) is 0. The molecule has 13 heavy (non-hydrogen) atoms. The van der Waals surface area contributed by atoms with E-state index < -0.39 is 11.8 Å². The van der Waals surface area contributed by atoms with Gasteiger partial charge < -0.3 is 5.32 Å². The summed E-state index contributed by atoms with van der Waals surface area (Å²) in [6.07, 6.45) is 0. The molecule has 0 saturated heterocycles.